The van der Waals surface area contributed by atoms with Crippen LogP contribution < -0.4 is 4.74 Å². The van der Waals surface area contributed by atoms with Crippen molar-refractivity contribution >= 4 is 12.0 Å². The zero-order valence-corrected chi connectivity index (χ0v) is 9.93. The summed E-state index contributed by atoms with van der Waals surface area (Å²) >= 11 is 0. The average molecular weight is 250 g/mol. The Kier molecular flexibility index (Phi) is 5.64. The van der Waals surface area contributed by atoms with Gasteiger partial charge in [0.2, 0.25) is 0 Å². The van der Waals surface area contributed by atoms with Gasteiger partial charge < -0.3 is 9.84 Å². The van der Waals surface area contributed by atoms with E-state index in [0.717, 1.165) is 18.9 Å². The van der Waals surface area contributed by atoms with Crippen LogP contribution in [-0.4, -0.2) is 17.7 Å². The standard InChI is InChI=1S/C14H15FO3/c1-2-3-4-9-18-13-7-5-11(10-12(13)15)6-8-14(16)17/h2,5-8,10H,1,3-4,9H2,(H,16,17)/b8-6+. The number of benzene rings is 1. The summed E-state index contributed by atoms with van der Waals surface area (Å²) in [5.74, 6) is -1.40. The van der Waals surface area contributed by atoms with E-state index in [-0.39, 0.29) is 5.75 Å². The summed E-state index contributed by atoms with van der Waals surface area (Å²) in [6.07, 6.45) is 5.66. The third kappa shape index (κ3) is 4.82. The SMILES string of the molecule is C=CCCCOc1ccc(/C=C/C(=O)O)cc1F. The Labute approximate surface area is 105 Å². The van der Waals surface area contributed by atoms with Crippen molar-refractivity contribution in [1.29, 1.82) is 0 Å². The van der Waals surface area contributed by atoms with Gasteiger partial charge in [0.25, 0.3) is 0 Å². The first-order chi connectivity index (χ1) is 8.63. The molecular weight excluding hydrogens is 235 g/mol. The van der Waals surface area contributed by atoms with E-state index < -0.39 is 11.8 Å². The van der Waals surface area contributed by atoms with Crippen molar-refractivity contribution < 1.29 is 19.0 Å². The Bertz CT molecular complexity index is 452. The third-order valence-electron chi connectivity index (χ3n) is 2.18. The first kappa shape index (κ1) is 14.0. The van der Waals surface area contributed by atoms with E-state index >= 15 is 0 Å². The van der Waals surface area contributed by atoms with Gasteiger partial charge >= 0.3 is 5.97 Å². The van der Waals surface area contributed by atoms with Gasteiger partial charge in [-0.1, -0.05) is 12.1 Å². The molecule has 1 rings (SSSR count). The summed E-state index contributed by atoms with van der Waals surface area (Å²) in [5, 5.41) is 8.45. The van der Waals surface area contributed by atoms with Gasteiger partial charge in [0, 0.05) is 6.08 Å². The molecule has 1 aromatic carbocycles. The lowest BCUT2D eigenvalue weighted by molar-refractivity contribution is -0.131. The lowest BCUT2D eigenvalue weighted by Crippen LogP contribution is -1.98. The summed E-state index contributed by atoms with van der Waals surface area (Å²) in [7, 11) is 0. The van der Waals surface area contributed by atoms with E-state index in [0.29, 0.717) is 12.2 Å². The van der Waals surface area contributed by atoms with Crippen LogP contribution in [0.2, 0.25) is 0 Å². The van der Waals surface area contributed by atoms with Gasteiger partial charge in [-0.25, -0.2) is 9.18 Å². The number of carbonyl (C=O) groups is 1. The fourth-order valence-electron chi connectivity index (χ4n) is 1.32. The molecule has 3 nitrogen and oxygen atoms in total. The molecule has 0 fully saturated rings. The lowest BCUT2D eigenvalue weighted by atomic mass is 10.2. The molecule has 0 aliphatic carbocycles. The second kappa shape index (κ2) is 7.27. The molecule has 0 radical (unpaired) electrons. The molecule has 0 unspecified atom stereocenters. The van der Waals surface area contributed by atoms with Gasteiger partial charge in [-0.2, -0.15) is 0 Å². The van der Waals surface area contributed by atoms with Gasteiger partial charge in [0.1, 0.15) is 0 Å². The Balaban J connectivity index is 2.62. The monoisotopic (exact) mass is 250 g/mol. The van der Waals surface area contributed by atoms with Gasteiger partial charge in [0.15, 0.2) is 11.6 Å². The average Bonchev–Trinajstić information content (AvgIpc) is 2.34. The fraction of sp³-hybridized carbons (Fsp3) is 0.214. The van der Waals surface area contributed by atoms with Crippen LogP contribution in [0.5, 0.6) is 5.75 Å². The highest BCUT2D eigenvalue weighted by Gasteiger charge is 2.03. The number of carboxylic acids is 1. The van der Waals surface area contributed by atoms with Crippen molar-refractivity contribution in [3.63, 3.8) is 0 Å². The van der Waals surface area contributed by atoms with Crippen molar-refractivity contribution in [2.45, 2.75) is 12.8 Å². The number of hydrogen-bond acceptors (Lipinski definition) is 2. The van der Waals surface area contributed by atoms with Crippen LogP contribution >= 0.6 is 0 Å². The summed E-state index contributed by atoms with van der Waals surface area (Å²) in [5.41, 5.74) is 0.480. The Morgan fingerprint density at radius 1 is 1.50 bits per heavy atom. The van der Waals surface area contributed by atoms with E-state index in [1.54, 1.807) is 12.1 Å². The highest BCUT2D eigenvalue weighted by atomic mass is 19.1. The predicted octanol–water partition coefficient (Wildman–Crippen LogP) is 3.27. The molecule has 0 amide bonds. The summed E-state index contributed by atoms with van der Waals surface area (Å²) in [6.45, 7) is 4.01. The largest absolute Gasteiger partial charge is 0.491 e. The minimum atomic E-state index is -1.07. The number of ether oxygens (including phenoxy) is 1. The van der Waals surface area contributed by atoms with Gasteiger partial charge in [-0.15, -0.1) is 6.58 Å². The summed E-state index contributed by atoms with van der Waals surface area (Å²) < 4.78 is 18.8. The first-order valence-electron chi connectivity index (χ1n) is 5.57. The van der Waals surface area contributed by atoms with Crippen molar-refractivity contribution in [2.75, 3.05) is 6.61 Å². The highest BCUT2D eigenvalue weighted by molar-refractivity contribution is 5.85. The number of carboxylic acid groups (broad SMARTS) is 1. The van der Waals surface area contributed by atoms with E-state index in [1.807, 2.05) is 0 Å². The normalized spacial score (nSPS) is 10.5. The van der Waals surface area contributed by atoms with Gasteiger partial charge in [-0.05, 0) is 36.6 Å². The highest BCUT2D eigenvalue weighted by Crippen LogP contribution is 2.19. The molecule has 0 aromatic heterocycles. The Morgan fingerprint density at radius 3 is 2.89 bits per heavy atom. The molecular formula is C14H15FO3. The zero-order chi connectivity index (χ0) is 13.4. The van der Waals surface area contributed by atoms with Crippen molar-refractivity contribution in [2.24, 2.45) is 0 Å². The number of unbranched alkanes of at least 4 members (excludes halogenated alkanes) is 1. The number of hydrogen-bond donors (Lipinski definition) is 1. The second-order valence-corrected chi connectivity index (χ2v) is 3.64. The molecule has 0 aliphatic heterocycles. The van der Waals surface area contributed by atoms with E-state index in [9.17, 15) is 9.18 Å². The molecule has 1 N–H and O–H groups in total. The Hall–Kier alpha value is -2.10. The molecule has 1 aromatic rings. The minimum Gasteiger partial charge on any atom is -0.491 e. The topological polar surface area (TPSA) is 46.5 Å². The van der Waals surface area contributed by atoms with E-state index in [1.165, 1.54) is 18.2 Å². The van der Waals surface area contributed by atoms with Crippen LogP contribution in [0.4, 0.5) is 4.39 Å². The molecule has 0 heterocycles. The van der Waals surface area contributed by atoms with Crippen molar-refractivity contribution in [3.05, 3.63) is 48.3 Å². The van der Waals surface area contributed by atoms with Crippen molar-refractivity contribution in [3.8, 4) is 5.75 Å². The molecule has 0 saturated heterocycles. The lowest BCUT2D eigenvalue weighted by Gasteiger charge is -2.06. The fourth-order valence-corrected chi connectivity index (χ4v) is 1.32. The smallest absolute Gasteiger partial charge is 0.328 e. The molecule has 0 spiro atoms. The quantitative estimate of drug-likeness (QED) is 0.459. The van der Waals surface area contributed by atoms with Gasteiger partial charge in [-0.3, -0.25) is 0 Å². The van der Waals surface area contributed by atoms with Crippen LogP contribution in [0.1, 0.15) is 18.4 Å². The molecule has 0 saturated carbocycles. The van der Waals surface area contributed by atoms with Crippen LogP contribution in [0.15, 0.2) is 36.9 Å². The minimum absolute atomic E-state index is 0.173. The second-order valence-electron chi connectivity index (χ2n) is 3.64. The maximum atomic E-state index is 13.6. The molecule has 0 atom stereocenters. The number of aliphatic carboxylic acids is 1. The Morgan fingerprint density at radius 2 is 2.28 bits per heavy atom. The van der Waals surface area contributed by atoms with Crippen molar-refractivity contribution in [1.82, 2.24) is 0 Å². The van der Waals surface area contributed by atoms with Crippen LogP contribution in [-0.2, 0) is 4.79 Å². The number of allylic oxidation sites excluding steroid dienone is 1. The number of rotatable bonds is 7. The molecule has 0 aliphatic rings. The zero-order valence-electron chi connectivity index (χ0n) is 9.93. The molecule has 18 heavy (non-hydrogen) atoms. The van der Waals surface area contributed by atoms with Crippen LogP contribution in [0, 0.1) is 5.82 Å². The predicted molar refractivity (Wildman–Crippen MR) is 68.0 cm³/mol. The summed E-state index contributed by atoms with van der Waals surface area (Å²) in [4.78, 5) is 10.3. The van der Waals surface area contributed by atoms with Gasteiger partial charge in [0.05, 0.1) is 6.61 Å². The van der Waals surface area contributed by atoms with E-state index in [2.05, 4.69) is 6.58 Å². The van der Waals surface area contributed by atoms with Crippen LogP contribution in [0.25, 0.3) is 6.08 Å². The molecule has 0 bridgehead atoms. The maximum Gasteiger partial charge on any atom is 0.328 e. The first-order valence-corrected chi connectivity index (χ1v) is 5.57. The van der Waals surface area contributed by atoms with Crippen LogP contribution in [0.3, 0.4) is 0 Å². The maximum absolute atomic E-state index is 13.6. The molecule has 96 valence electrons. The summed E-state index contributed by atoms with van der Waals surface area (Å²) in [6, 6.07) is 4.33. The number of halogens is 1. The van der Waals surface area contributed by atoms with E-state index in [4.69, 9.17) is 9.84 Å². The third-order valence-corrected chi connectivity index (χ3v) is 2.18. The molecule has 4 heteroatoms.